The van der Waals surface area contributed by atoms with Crippen molar-refractivity contribution < 1.29 is 9.59 Å². The Balaban J connectivity index is 1.99. The molecule has 0 bridgehead atoms. The number of likely N-dealkylation sites (tertiary alicyclic amines) is 1. The monoisotopic (exact) mass is 195 g/mol. The predicted molar refractivity (Wildman–Crippen MR) is 52.8 cm³/mol. The van der Waals surface area contributed by atoms with Gasteiger partial charge < -0.3 is 4.90 Å². The minimum atomic E-state index is 0.0365. The van der Waals surface area contributed by atoms with Gasteiger partial charge in [-0.25, -0.2) is 0 Å². The molecule has 1 aliphatic heterocycles. The van der Waals surface area contributed by atoms with Crippen LogP contribution in [0.25, 0.3) is 0 Å². The Morgan fingerprint density at radius 2 is 1.93 bits per heavy atom. The summed E-state index contributed by atoms with van der Waals surface area (Å²) in [6.45, 7) is 2.45. The van der Waals surface area contributed by atoms with Crippen LogP contribution < -0.4 is 0 Å². The molecule has 0 aromatic carbocycles. The van der Waals surface area contributed by atoms with Gasteiger partial charge in [-0.2, -0.15) is 0 Å². The van der Waals surface area contributed by atoms with Gasteiger partial charge in [0, 0.05) is 6.04 Å². The summed E-state index contributed by atoms with van der Waals surface area (Å²) in [6, 6.07) is 0.274. The summed E-state index contributed by atoms with van der Waals surface area (Å²) in [6.07, 6.45) is 5.14. The van der Waals surface area contributed by atoms with Crippen molar-refractivity contribution in [3.05, 3.63) is 0 Å². The fourth-order valence-electron chi connectivity index (χ4n) is 2.67. The van der Waals surface area contributed by atoms with Gasteiger partial charge in [-0.3, -0.25) is 9.59 Å². The molecule has 1 heterocycles. The van der Waals surface area contributed by atoms with Gasteiger partial charge in [0.25, 0.3) is 0 Å². The molecule has 1 aliphatic carbocycles. The van der Waals surface area contributed by atoms with Crippen LogP contribution in [0.5, 0.6) is 0 Å². The first-order valence-electron chi connectivity index (χ1n) is 5.49. The van der Waals surface area contributed by atoms with E-state index < -0.39 is 0 Å². The van der Waals surface area contributed by atoms with E-state index in [-0.39, 0.29) is 24.2 Å². The SMILES string of the molecule is CC(C1CCCC1)N1CC(=O)CC1=O. The fourth-order valence-corrected chi connectivity index (χ4v) is 2.67. The summed E-state index contributed by atoms with van der Waals surface area (Å²) in [5, 5.41) is 0. The molecule has 0 aromatic heterocycles. The number of carbonyl (C=O) groups excluding carboxylic acids is 2. The molecule has 14 heavy (non-hydrogen) atoms. The van der Waals surface area contributed by atoms with Crippen molar-refractivity contribution in [3.63, 3.8) is 0 Å². The Bertz CT molecular complexity index is 256. The molecule has 2 rings (SSSR count). The van der Waals surface area contributed by atoms with Gasteiger partial charge in [0.05, 0.1) is 13.0 Å². The van der Waals surface area contributed by atoms with E-state index in [0.29, 0.717) is 12.5 Å². The molecular weight excluding hydrogens is 178 g/mol. The third kappa shape index (κ3) is 1.68. The van der Waals surface area contributed by atoms with E-state index in [4.69, 9.17) is 0 Å². The quantitative estimate of drug-likeness (QED) is 0.624. The van der Waals surface area contributed by atoms with E-state index in [0.717, 1.165) is 0 Å². The van der Waals surface area contributed by atoms with Crippen LogP contribution in [0.4, 0.5) is 0 Å². The van der Waals surface area contributed by atoms with E-state index in [2.05, 4.69) is 6.92 Å². The number of carbonyl (C=O) groups is 2. The van der Waals surface area contributed by atoms with Gasteiger partial charge in [-0.15, -0.1) is 0 Å². The van der Waals surface area contributed by atoms with Crippen molar-refractivity contribution in [1.29, 1.82) is 0 Å². The number of rotatable bonds is 2. The van der Waals surface area contributed by atoms with E-state index >= 15 is 0 Å². The van der Waals surface area contributed by atoms with Crippen molar-refractivity contribution >= 4 is 11.7 Å². The number of hydrogen-bond donors (Lipinski definition) is 0. The maximum Gasteiger partial charge on any atom is 0.230 e. The molecule has 1 atom stereocenters. The lowest BCUT2D eigenvalue weighted by Crippen LogP contribution is -2.38. The van der Waals surface area contributed by atoms with E-state index in [1.54, 1.807) is 4.90 Å². The van der Waals surface area contributed by atoms with E-state index in [9.17, 15) is 9.59 Å². The molecule has 1 saturated heterocycles. The smallest absolute Gasteiger partial charge is 0.230 e. The second-order valence-electron chi connectivity index (χ2n) is 4.52. The molecule has 3 nitrogen and oxygen atoms in total. The lowest BCUT2D eigenvalue weighted by Gasteiger charge is -2.28. The predicted octanol–water partition coefficient (Wildman–Crippen LogP) is 1.37. The lowest BCUT2D eigenvalue weighted by molar-refractivity contribution is -0.130. The summed E-state index contributed by atoms with van der Waals surface area (Å²) in [4.78, 5) is 24.4. The normalized spacial score (nSPS) is 26.2. The Kier molecular flexibility index (Phi) is 2.57. The highest BCUT2D eigenvalue weighted by atomic mass is 16.2. The summed E-state index contributed by atoms with van der Waals surface area (Å²) >= 11 is 0. The van der Waals surface area contributed by atoms with Crippen LogP contribution >= 0.6 is 0 Å². The highest BCUT2D eigenvalue weighted by Gasteiger charge is 2.35. The summed E-state index contributed by atoms with van der Waals surface area (Å²) in [7, 11) is 0. The molecule has 2 aliphatic rings. The molecule has 1 amide bonds. The maximum absolute atomic E-state index is 11.5. The van der Waals surface area contributed by atoms with Gasteiger partial charge in [0.15, 0.2) is 5.78 Å². The fraction of sp³-hybridized carbons (Fsp3) is 0.818. The van der Waals surface area contributed by atoms with Crippen LogP contribution in [0.15, 0.2) is 0 Å². The topological polar surface area (TPSA) is 37.4 Å². The van der Waals surface area contributed by atoms with Gasteiger partial charge >= 0.3 is 0 Å². The van der Waals surface area contributed by atoms with E-state index in [1.807, 2.05) is 0 Å². The molecule has 0 aromatic rings. The molecule has 78 valence electrons. The third-order valence-corrected chi connectivity index (χ3v) is 3.59. The molecule has 0 N–H and O–H groups in total. The Morgan fingerprint density at radius 3 is 2.43 bits per heavy atom. The van der Waals surface area contributed by atoms with E-state index in [1.165, 1.54) is 25.7 Å². The zero-order chi connectivity index (χ0) is 10.1. The van der Waals surface area contributed by atoms with Gasteiger partial charge in [-0.05, 0) is 25.7 Å². The van der Waals surface area contributed by atoms with Crippen molar-refractivity contribution in [1.82, 2.24) is 4.90 Å². The minimum absolute atomic E-state index is 0.0365. The zero-order valence-electron chi connectivity index (χ0n) is 8.66. The molecule has 0 radical (unpaired) electrons. The van der Waals surface area contributed by atoms with Gasteiger partial charge in [0.2, 0.25) is 5.91 Å². The van der Waals surface area contributed by atoms with Crippen LogP contribution in [0.3, 0.4) is 0 Å². The average molecular weight is 195 g/mol. The van der Waals surface area contributed by atoms with Crippen molar-refractivity contribution in [3.8, 4) is 0 Å². The Morgan fingerprint density at radius 1 is 1.29 bits per heavy atom. The summed E-state index contributed by atoms with van der Waals surface area (Å²) < 4.78 is 0. The van der Waals surface area contributed by atoms with Crippen LogP contribution in [-0.2, 0) is 9.59 Å². The first kappa shape index (κ1) is 9.69. The largest absolute Gasteiger partial charge is 0.332 e. The number of amides is 1. The maximum atomic E-state index is 11.5. The summed E-state index contributed by atoms with van der Waals surface area (Å²) in [5.41, 5.74) is 0. The van der Waals surface area contributed by atoms with Crippen LogP contribution in [0.2, 0.25) is 0 Å². The molecule has 0 spiro atoms. The molecule has 2 fully saturated rings. The first-order chi connectivity index (χ1) is 6.68. The van der Waals surface area contributed by atoms with Crippen molar-refractivity contribution in [2.24, 2.45) is 5.92 Å². The minimum Gasteiger partial charge on any atom is -0.332 e. The van der Waals surface area contributed by atoms with Gasteiger partial charge in [0.1, 0.15) is 0 Å². The molecule has 1 saturated carbocycles. The van der Waals surface area contributed by atoms with Crippen molar-refractivity contribution in [2.75, 3.05) is 6.54 Å². The van der Waals surface area contributed by atoms with Crippen LogP contribution in [-0.4, -0.2) is 29.2 Å². The van der Waals surface area contributed by atoms with Crippen molar-refractivity contribution in [2.45, 2.75) is 45.1 Å². The van der Waals surface area contributed by atoms with Crippen LogP contribution in [0, 0.1) is 5.92 Å². The lowest BCUT2D eigenvalue weighted by atomic mass is 9.98. The molecular formula is C11H17NO2. The highest BCUT2D eigenvalue weighted by molar-refractivity contribution is 6.05. The number of hydrogen-bond acceptors (Lipinski definition) is 2. The number of Topliss-reactive ketones (excluding diaryl/α,β-unsaturated/α-hetero) is 1. The zero-order valence-corrected chi connectivity index (χ0v) is 8.66. The highest BCUT2D eigenvalue weighted by Crippen LogP contribution is 2.31. The number of nitrogens with zero attached hydrogens (tertiary/aromatic N) is 1. The molecule has 3 heteroatoms. The third-order valence-electron chi connectivity index (χ3n) is 3.59. The Labute approximate surface area is 84.5 Å². The van der Waals surface area contributed by atoms with Crippen LogP contribution in [0.1, 0.15) is 39.0 Å². The number of ketones is 1. The standard InChI is InChI=1S/C11H17NO2/c1-8(9-4-2-3-5-9)12-7-10(13)6-11(12)14/h8-9H,2-7H2,1H3. The first-order valence-corrected chi connectivity index (χ1v) is 5.49. The average Bonchev–Trinajstić information content (AvgIpc) is 2.73. The molecule has 1 unspecified atom stereocenters. The summed E-state index contributed by atoms with van der Waals surface area (Å²) in [5.74, 6) is 0.749. The second-order valence-corrected chi connectivity index (χ2v) is 4.52. The van der Waals surface area contributed by atoms with Gasteiger partial charge in [-0.1, -0.05) is 12.8 Å². The second kappa shape index (κ2) is 3.71. The Hall–Kier alpha value is -0.860.